The van der Waals surface area contributed by atoms with E-state index >= 15 is 0 Å². The molecule has 2 aliphatic heterocycles. The Kier molecular flexibility index (Phi) is 6.92. The largest absolute Gasteiger partial charge is 0.378 e. The molecule has 0 unspecified atom stereocenters. The van der Waals surface area contributed by atoms with Crippen molar-refractivity contribution in [2.75, 3.05) is 39.4 Å². The van der Waals surface area contributed by atoms with Crippen molar-refractivity contribution in [3.05, 3.63) is 53.9 Å². The predicted molar refractivity (Wildman–Crippen MR) is 120 cm³/mol. The Bertz CT molecular complexity index is 876. The number of carbonyl (C=O) groups excluding carboxylic acids is 1. The summed E-state index contributed by atoms with van der Waals surface area (Å²) in [7, 11) is 2.02. The molecule has 4 rings (SSSR count). The number of nitrogens with zero attached hydrogens (tertiary/aromatic N) is 4. The van der Waals surface area contributed by atoms with Gasteiger partial charge in [-0.2, -0.15) is 0 Å². The van der Waals surface area contributed by atoms with E-state index in [1.165, 1.54) is 11.1 Å². The molecule has 2 atom stereocenters. The minimum atomic E-state index is -0.0833. The zero-order valence-electron chi connectivity index (χ0n) is 17.7. The van der Waals surface area contributed by atoms with Gasteiger partial charge in [-0.05, 0) is 18.9 Å². The van der Waals surface area contributed by atoms with Crippen LogP contribution in [0.1, 0.15) is 18.9 Å². The molecule has 2 aliphatic rings. The number of ether oxygens (including phenoxy) is 1. The van der Waals surface area contributed by atoms with Crippen LogP contribution in [0, 0.1) is 0 Å². The highest BCUT2D eigenvalue weighted by Crippen LogP contribution is 2.33. The molecule has 1 aromatic heterocycles. The molecule has 30 heavy (non-hydrogen) atoms. The van der Waals surface area contributed by atoms with Crippen molar-refractivity contribution >= 4 is 23.7 Å². The smallest absolute Gasteiger partial charge is 0.240 e. The lowest BCUT2D eigenvalue weighted by molar-refractivity contribution is -0.139. The van der Waals surface area contributed by atoms with Crippen molar-refractivity contribution in [3.8, 4) is 0 Å². The van der Waals surface area contributed by atoms with Crippen molar-refractivity contribution < 1.29 is 9.53 Å². The summed E-state index contributed by atoms with van der Waals surface area (Å²) >= 11 is 1.78. The Morgan fingerprint density at radius 2 is 2.03 bits per heavy atom. The van der Waals surface area contributed by atoms with Gasteiger partial charge in [-0.15, -0.1) is 0 Å². The second-order valence-corrected chi connectivity index (χ2v) is 9.35. The molecule has 7 heteroatoms. The maximum Gasteiger partial charge on any atom is 0.240 e. The van der Waals surface area contributed by atoms with Crippen molar-refractivity contribution in [2.45, 2.75) is 29.8 Å². The van der Waals surface area contributed by atoms with Crippen LogP contribution in [0.4, 0.5) is 0 Å². The number of imidazole rings is 1. The zero-order chi connectivity index (χ0) is 20.9. The number of hydrogen-bond donors (Lipinski definition) is 0. The molecular weight excluding hydrogens is 396 g/mol. The van der Waals surface area contributed by atoms with Gasteiger partial charge in [0.1, 0.15) is 0 Å². The Morgan fingerprint density at radius 3 is 2.73 bits per heavy atom. The molecule has 2 aromatic rings. The number of carbonyl (C=O) groups is 1. The molecular formula is C23H30N4O2S. The predicted octanol–water partition coefficient (Wildman–Crippen LogP) is 2.92. The van der Waals surface area contributed by atoms with E-state index in [1.807, 2.05) is 35.0 Å². The molecule has 0 saturated carbocycles. The molecule has 1 aromatic carbocycles. The quantitative estimate of drug-likeness (QED) is 0.711. The van der Waals surface area contributed by atoms with Crippen LogP contribution >= 0.6 is 11.8 Å². The summed E-state index contributed by atoms with van der Waals surface area (Å²) < 4.78 is 7.49. The standard InChI is InChI=1S/C23H30N4O2S/c1-18(14-19-6-4-3-5-7-19)16-27-17-20(30-23-24-8-9-25(23)2)15-21(27)22(28)26-10-12-29-13-11-26/h3-9,14,20-21H,10-13,15-17H2,1-2H3/b18-14+/t20-,21+/m1/s1. The first-order chi connectivity index (χ1) is 14.6. The van der Waals surface area contributed by atoms with Gasteiger partial charge in [0, 0.05) is 50.9 Å². The van der Waals surface area contributed by atoms with Gasteiger partial charge < -0.3 is 14.2 Å². The second-order valence-electron chi connectivity index (χ2n) is 8.08. The first-order valence-corrected chi connectivity index (χ1v) is 11.4. The maximum absolute atomic E-state index is 13.3. The number of thioether (sulfide) groups is 1. The fraction of sp³-hybridized carbons (Fsp3) is 0.478. The first kappa shape index (κ1) is 21.2. The van der Waals surface area contributed by atoms with Crippen LogP contribution in [0.2, 0.25) is 0 Å². The molecule has 2 saturated heterocycles. The van der Waals surface area contributed by atoms with Gasteiger partial charge in [0.2, 0.25) is 5.91 Å². The van der Waals surface area contributed by atoms with E-state index in [-0.39, 0.29) is 11.9 Å². The summed E-state index contributed by atoms with van der Waals surface area (Å²) in [4.78, 5) is 22.1. The van der Waals surface area contributed by atoms with E-state index in [1.54, 1.807) is 11.8 Å². The van der Waals surface area contributed by atoms with Crippen LogP contribution in [0.3, 0.4) is 0 Å². The second kappa shape index (κ2) is 9.81. The fourth-order valence-corrected chi connectivity index (χ4v) is 5.38. The number of benzene rings is 1. The van der Waals surface area contributed by atoms with Crippen LogP contribution in [-0.2, 0) is 16.6 Å². The lowest BCUT2D eigenvalue weighted by atomic mass is 10.1. The first-order valence-electron chi connectivity index (χ1n) is 10.6. The molecule has 160 valence electrons. The minimum Gasteiger partial charge on any atom is -0.378 e. The van der Waals surface area contributed by atoms with Crippen LogP contribution in [-0.4, -0.2) is 75.9 Å². The van der Waals surface area contributed by atoms with Crippen molar-refractivity contribution in [1.29, 1.82) is 0 Å². The van der Waals surface area contributed by atoms with Crippen molar-refractivity contribution in [2.24, 2.45) is 7.05 Å². The Labute approximate surface area is 182 Å². The number of rotatable bonds is 6. The summed E-state index contributed by atoms with van der Waals surface area (Å²) in [6.45, 7) is 6.50. The monoisotopic (exact) mass is 426 g/mol. The lowest BCUT2D eigenvalue weighted by Gasteiger charge is -2.32. The Morgan fingerprint density at radius 1 is 1.27 bits per heavy atom. The highest BCUT2D eigenvalue weighted by atomic mass is 32.2. The average molecular weight is 427 g/mol. The number of likely N-dealkylation sites (tertiary alicyclic amines) is 1. The molecule has 0 bridgehead atoms. The third-order valence-corrected chi connectivity index (χ3v) is 6.97. The van der Waals surface area contributed by atoms with Crippen molar-refractivity contribution in [3.63, 3.8) is 0 Å². The average Bonchev–Trinajstić information content (AvgIpc) is 3.35. The lowest BCUT2D eigenvalue weighted by Crippen LogP contribution is -2.49. The van der Waals surface area contributed by atoms with E-state index < -0.39 is 0 Å². The topological polar surface area (TPSA) is 50.6 Å². The number of amides is 1. The third kappa shape index (κ3) is 5.14. The molecule has 6 nitrogen and oxygen atoms in total. The number of aromatic nitrogens is 2. The van der Waals surface area contributed by atoms with Gasteiger partial charge >= 0.3 is 0 Å². The zero-order valence-corrected chi connectivity index (χ0v) is 18.6. The van der Waals surface area contributed by atoms with E-state index in [4.69, 9.17) is 4.74 Å². The van der Waals surface area contributed by atoms with E-state index in [0.29, 0.717) is 31.6 Å². The van der Waals surface area contributed by atoms with Crippen LogP contribution < -0.4 is 0 Å². The van der Waals surface area contributed by atoms with Gasteiger partial charge in [-0.3, -0.25) is 9.69 Å². The van der Waals surface area contributed by atoms with Gasteiger partial charge in [0.15, 0.2) is 5.16 Å². The number of aryl methyl sites for hydroxylation is 1. The van der Waals surface area contributed by atoms with Crippen LogP contribution in [0.25, 0.3) is 6.08 Å². The summed E-state index contributed by atoms with van der Waals surface area (Å²) in [6, 6.07) is 10.3. The minimum absolute atomic E-state index is 0.0833. The van der Waals surface area contributed by atoms with E-state index in [9.17, 15) is 4.79 Å². The third-order valence-electron chi connectivity index (χ3n) is 5.69. The Hall–Kier alpha value is -2.09. The molecule has 3 heterocycles. The highest BCUT2D eigenvalue weighted by Gasteiger charge is 2.39. The molecule has 0 aliphatic carbocycles. The Balaban J connectivity index is 1.49. The summed E-state index contributed by atoms with van der Waals surface area (Å²) in [6.07, 6.45) is 6.87. The van der Waals surface area contributed by atoms with Gasteiger partial charge in [-0.25, -0.2) is 4.98 Å². The molecule has 1 amide bonds. The van der Waals surface area contributed by atoms with Gasteiger partial charge in [0.05, 0.1) is 19.3 Å². The highest BCUT2D eigenvalue weighted by molar-refractivity contribution is 7.99. The number of morpholine rings is 1. The molecule has 0 radical (unpaired) electrons. The van der Waals surface area contributed by atoms with Gasteiger partial charge in [0.25, 0.3) is 0 Å². The molecule has 2 fully saturated rings. The summed E-state index contributed by atoms with van der Waals surface area (Å²) in [5, 5.41) is 1.36. The van der Waals surface area contributed by atoms with Crippen LogP contribution in [0.5, 0.6) is 0 Å². The maximum atomic E-state index is 13.3. The van der Waals surface area contributed by atoms with E-state index in [2.05, 4.69) is 47.1 Å². The summed E-state index contributed by atoms with van der Waals surface area (Å²) in [5.41, 5.74) is 2.47. The molecule has 0 N–H and O–H groups in total. The van der Waals surface area contributed by atoms with Crippen molar-refractivity contribution in [1.82, 2.24) is 19.4 Å². The summed E-state index contributed by atoms with van der Waals surface area (Å²) in [5.74, 6) is 0.244. The normalized spacial score (nSPS) is 23.1. The van der Waals surface area contributed by atoms with Gasteiger partial charge in [-0.1, -0.05) is 53.7 Å². The fourth-order valence-electron chi connectivity index (χ4n) is 4.19. The molecule has 0 spiro atoms. The van der Waals surface area contributed by atoms with E-state index in [0.717, 1.165) is 24.7 Å². The van der Waals surface area contributed by atoms with Crippen LogP contribution in [0.15, 0.2) is 53.5 Å². The number of hydrogen-bond acceptors (Lipinski definition) is 5. The SMILES string of the molecule is C/C(=C\c1ccccc1)CN1C[C@H](Sc2nccn2C)C[C@H]1C(=O)N1CCOCC1.